The molecule has 1 aromatic carbocycles. The number of nitrogens with zero attached hydrogens (tertiary/aromatic N) is 4. The van der Waals surface area contributed by atoms with E-state index in [0.717, 1.165) is 49.7 Å². The van der Waals surface area contributed by atoms with Crippen LogP contribution in [0.5, 0.6) is 0 Å². The quantitative estimate of drug-likeness (QED) is 0.550. The number of hydrogen-bond acceptors (Lipinski definition) is 7. The first kappa shape index (κ1) is 20.3. The van der Waals surface area contributed by atoms with E-state index in [0.29, 0.717) is 11.3 Å². The molecule has 4 N–H and O–H groups in total. The maximum Gasteiger partial charge on any atom is 0.241 e. The Kier molecular flexibility index (Phi) is 4.58. The van der Waals surface area contributed by atoms with Crippen LogP contribution in [0.15, 0.2) is 35.6 Å². The standard InChI is InChI=1S/C21H26N6O3S/c1-14-2-3-15(10-16(14)17-11-23-19-18(22)24-13-25-27(17)19)31(29,30)26-21-7-4-20(12-28,5-8-21)6-9-21/h2-3,10-11,13,26,28H,4-9,12H2,1H3,(H2,22,24,25). The highest BCUT2D eigenvalue weighted by Crippen LogP contribution is 2.52. The molecule has 9 nitrogen and oxygen atoms in total. The van der Waals surface area contributed by atoms with Gasteiger partial charge in [-0.3, -0.25) is 0 Å². The molecule has 3 saturated carbocycles. The molecular formula is C21H26N6O3S. The third kappa shape index (κ3) is 3.29. The zero-order valence-corrected chi connectivity index (χ0v) is 18.2. The number of hydrogen-bond donors (Lipinski definition) is 3. The number of rotatable bonds is 5. The Morgan fingerprint density at radius 1 is 1.16 bits per heavy atom. The number of aromatic nitrogens is 4. The molecular weight excluding hydrogens is 416 g/mol. The predicted octanol–water partition coefficient (Wildman–Crippen LogP) is 2.05. The smallest absolute Gasteiger partial charge is 0.241 e. The largest absolute Gasteiger partial charge is 0.396 e. The number of aliphatic hydroxyl groups excluding tert-OH is 1. The number of aryl methyl sites for hydroxylation is 1. The third-order valence-electron chi connectivity index (χ3n) is 7.21. The molecule has 0 saturated heterocycles. The summed E-state index contributed by atoms with van der Waals surface area (Å²) in [5, 5.41) is 14.0. The van der Waals surface area contributed by atoms with Crippen LogP contribution >= 0.6 is 0 Å². The van der Waals surface area contributed by atoms with Crippen molar-refractivity contribution in [3.05, 3.63) is 36.3 Å². The molecule has 3 fully saturated rings. The van der Waals surface area contributed by atoms with E-state index in [1.807, 2.05) is 6.92 Å². The Bertz CT molecular complexity index is 1240. The average Bonchev–Trinajstić information content (AvgIpc) is 3.20. The Balaban J connectivity index is 1.49. The van der Waals surface area contributed by atoms with Gasteiger partial charge in [0.25, 0.3) is 0 Å². The summed E-state index contributed by atoms with van der Waals surface area (Å²) < 4.78 is 31.3. The Labute approximate surface area is 180 Å². The van der Waals surface area contributed by atoms with E-state index < -0.39 is 15.6 Å². The second-order valence-corrected chi connectivity index (χ2v) is 10.7. The van der Waals surface area contributed by atoms with Crippen molar-refractivity contribution in [3.8, 4) is 11.3 Å². The van der Waals surface area contributed by atoms with Crippen LogP contribution in [0.25, 0.3) is 16.9 Å². The summed E-state index contributed by atoms with van der Waals surface area (Å²) in [5.74, 6) is 0.261. The molecule has 2 bridgehead atoms. The van der Waals surface area contributed by atoms with Crippen LogP contribution < -0.4 is 10.5 Å². The van der Waals surface area contributed by atoms with E-state index in [-0.39, 0.29) is 22.7 Å². The van der Waals surface area contributed by atoms with Gasteiger partial charge in [-0.15, -0.1) is 0 Å². The van der Waals surface area contributed by atoms with Gasteiger partial charge in [0.05, 0.1) is 16.8 Å². The lowest BCUT2D eigenvalue weighted by Crippen LogP contribution is -2.57. The molecule has 0 aliphatic heterocycles. The Hall–Kier alpha value is -2.56. The van der Waals surface area contributed by atoms with Crippen molar-refractivity contribution in [2.24, 2.45) is 5.41 Å². The topological polar surface area (TPSA) is 136 Å². The van der Waals surface area contributed by atoms with Crippen LogP contribution in [0.1, 0.15) is 44.1 Å². The molecule has 0 radical (unpaired) electrons. The molecule has 0 spiro atoms. The summed E-state index contributed by atoms with van der Waals surface area (Å²) in [6.07, 6.45) is 7.82. The fourth-order valence-corrected chi connectivity index (χ4v) is 6.57. The van der Waals surface area contributed by atoms with Crippen LogP contribution in [0.3, 0.4) is 0 Å². The number of nitrogen functional groups attached to an aromatic ring is 1. The maximum absolute atomic E-state index is 13.4. The van der Waals surface area contributed by atoms with Crippen LogP contribution in [0, 0.1) is 12.3 Å². The van der Waals surface area contributed by atoms with Crippen molar-refractivity contribution >= 4 is 21.5 Å². The van der Waals surface area contributed by atoms with Crippen molar-refractivity contribution in [2.45, 2.75) is 55.9 Å². The highest BCUT2D eigenvalue weighted by molar-refractivity contribution is 7.89. The number of nitrogens with two attached hydrogens (primary N) is 1. The number of benzene rings is 1. The number of fused-ring (bicyclic) bond motifs is 4. The summed E-state index contributed by atoms with van der Waals surface area (Å²) in [7, 11) is -3.72. The van der Waals surface area contributed by atoms with E-state index in [2.05, 4.69) is 19.8 Å². The number of aliphatic hydroxyl groups is 1. The Morgan fingerprint density at radius 3 is 2.55 bits per heavy atom. The van der Waals surface area contributed by atoms with E-state index in [9.17, 15) is 13.5 Å². The minimum absolute atomic E-state index is 0.0169. The molecule has 3 aliphatic rings. The van der Waals surface area contributed by atoms with Gasteiger partial charge >= 0.3 is 0 Å². The van der Waals surface area contributed by atoms with Gasteiger partial charge in [-0.05, 0) is 68.6 Å². The van der Waals surface area contributed by atoms with Crippen LogP contribution in [0.2, 0.25) is 0 Å². The number of sulfonamides is 1. The van der Waals surface area contributed by atoms with E-state index in [1.165, 1.54) is 6.33 Å². The van der Waals surface area contributed by atoms with Crippen molar-refractivity contribution in [1.29, 1.82) is 0 Å². The fourth-order valence-electron chi connectivity index (χ4n) is 5.06. The highest BCUT2D eigenvalue weighted by Gasteiger charge is 2.49. The van der Waals surface area contributed by atoms with Gasteiger partial charge in [0.15, 0.2) is 11.5 Å². The molecule has 3 aromatic rings. The highest BCUT2D eigenvalue weighted by atomic mass is 32.2. The normalized spacial score (nSPS) is 25.9. The molecule has 0 amide bonds. The zero-order chi connectivity index (χ0) is 21.9. The molecule has 10 heteroatoms. The molecule has 0 atom stereocenters. The Morgan fingerprint density at radius 2 is 1.87 bits per heavy atom. The molecule has 31 heavy (non-hydrogen) atoms. The van der Waals surface area contributed by atoms with Gasteiger partial charge in [-0.1, -0.05) is 6.07 Å². The minimum Gasteiger partial charge on any atom is -0.396 e. The van der Waals surface area contributed by atoms with Gasteiger partial charge in [-0.25, -0.2) is 27.6 Å². The lowest BCUT2D eigenvalue weighted by molar-refractivity contribution is -0.00893. The summed E-state index contributed by atoms with van der Waals surface area (Å²) in [6, 6.07) is 5.10. The zero-order valence-electron chi connectivity index (χ0n) is 17.4. The predicted molar refractivity (Wildman–Crippen MR) is 116 cm³/mol. The van der Waals surface area contributed by atoms with E-state index in [4.69, 9.17) is 5.73 Å². The first-order chi connectivity index (χ1) is 14.8. The van der Waals surface area contributed by atoms with Gasteiger partial charge in [0, 0.05) is 17.7 Å². The average molecular weight is 443 g/mol. The second-order valence-electron chi connectivity index (χ2n) is 9.04. The minimum atomic E-state index is -3.72. The number of anilines is 1. The van der Waals surface area contributed by atoms with E-state index in [1.54, 1.807) is 28.9 Å². The summed E-state index contributed by atoms with van der Waals surface area (Å²) in [6.45, 7) is 2.10. The number of nitrogens with one attached hydrogen (secondary N) is 1. The summed E-state index contributed by atoms with van der Waals surface area (Å²) in [5.41, 5.74) is 8.15. The van der Waals surface area contributed by atoms with Gasteiger partial charge < -0.3 is 10.8 Å². The molecule has 0 unspecified atom stereocenters. The van der Waals surface area contributed by atoms with Crippen LogP contribution in [-0.4, -0.2) is 45.3 Å². The fraction of sp³-hybridized carbons (Fsp3) is 0.476. The molecule has 2 aromatic heterocycles. The number of imidazole rings is 1. The van der Waals surface area contributed by atoms with Crippen molar-refractivity contribution in [2.75, 3.05) is 12.3 Å². The second kappa shape index (κ2) is 6.98. The first-order valence-corrected chi connectivity index (χ1v) is 12.0. The van der Waals surface area contributed by atoms with Gasteiger partial charge in [0.2, 0.25) is 10.0 Å². The monoisotopic (exact) mass is 442 g/mol. The van der Waals surface area contributed by atoms with Crippen LogP contribution in [-0.2, 0) is 10.0 Å². The first-order valence-electron chi connectivity index (χ1n) is 10.5. The third-order valence-corrected chi connectivity index (χ3v) is 8.79. The molecule has 3 aliphatic carbocycles. The van der Waals surface area contributed by atoms with Crippen molar-refractivity contribution in [3.63, 3.8) is 0 Å². The molecule has 2 heterocycles. The summed E-state index contributed by atoms with van der Waals surface area (Å²) >= 11 is 0. The van der Waals surface area contributed by atoms with Crippen molar-refractivity contribution in [1.82, 2.24) is 24.3 Å². The lowest BCUT2D eigenvalue weighted by Gasteiger charge is -2.52. The SMILES string of the molecule is Cc1ccc(S(=O)(=O)NC23CCC(CO)(CC2)CC3)cc1-c1cnc2c(N)ncnn12. The lowest BCUT2D eigenvalue weighted by atomic mass is 9.58. The maximum atomic E-state index is 13.4. The van der Waals surface area contributed by atoms with E-state index >= 15 is 0 Å². The van der Waals surface area contributed by atoms with Gasteiger partial charge in [-0.2, -0.15) is 5.10 Å². The van der Waals surface area contributed by atoms with Crippen LogP contribution in [0.4, 0.5) is 5.82 Å². The molecule has 6 rings (SSSR count). The summed E-state index contributed by atoms with van der Waals surface area (Å²) in [4.78, 5) is 8.46. The van der Waals surface area contributed by atoms with Gasteiger partial charge in [0.1, 0.15) is 6.33 Å². The molecule has 164 valence electrons. The van der Waals surface area contributed by atoms with Crippen molar-refractivity contribution < 1.29 is 13.5 Å².